The van der Waals surface area contributed by atoms with Gasteiger partial charge in [0.1, 0.15) is 0 Å². The number of aryl methyl sites for hydroxylation is 1. The number of aromatic nitrogens is 4. The van der Waals surface area contributed by atoms with Crippen molar-refractivity contribution < 1.29 is 29.3 Å². The minimum atomic E-state index is -0.816. The second-order valence-electron chi connectivity index (χ2n) is 9.37. The Morgan fingerprint density at radius 3 is 2.41 bits per heavy atom. The molecular formula is C27H33N5O6S. The molecule has 12 heteroatoms. The maximum absolute atomic E-state index is 12.3. The van der Waals surface area contributed by atoms with E-state index in [1.54, 1.807) is 11.7 Å². The molecule has 1 aliphatic rings. The van der Waals surface area contributed by atoms with E-state index in [2.05, 4.69) is 20.8 Å². The Morgan fingerprint density at radius 2 is 1.74 bits per heavy atom. The van der Waals surface area contributed by atoms with E-state index < -0.39 is 12.3 Å². The zero-order chi connectivity index (χ0) is 27.6. The van der Waals surface area contributed by atoms with Crippen LogP contribution in [0.4, 0.5) is 5.69 Å². The highest BCUT2D eigenvalue weighted by molar-refractivity contribution is 7.99. The average Bonchev–Trinajstić information content (AvgIpc) is 3.36. The van der Waals surface area contributed by atoms with Gasteiger partial charge in [-0.05, 0) is 46.5 Å². The second kappa shape index (κ2) is 14.2. The van der Waals surface area contributed by atoms with Gasteiger partial charge in [0.25, 0.3) is 0 Å². The van der Waals surface area contributed by atoms with Crippen LogP contribution in [0.25, 0.3) is 0 Å². The van der Waals surface area contributed by atoms with Crippen molar-refractivity contribution in [2.75, 3.05) is 11.1 Å². The molecule has 3 aromatic rings. The van der Waals surface area contributed by atoms with Crippen molar-refractivity contribution >= 4 is 29.3 Å². The maximum atomic E-state index is 12.3. The van der Waals surface area contributed by atoms with Crippen molar-refractivity contribution in [1.29, 1.82) is 0 Å². The molecule has 0 saturated carbocycles. The second-order valence-corrected chi connectivity index (χ2v) is 10.4. The van der Waals surface area contributed by atoms with Gasteiger partial charge in [-0.3, -0.25) is 9.59 Å². The van der Waals surface area contributed by atoms with E-state index in [0.29, 0.717) is 48.7 Å². The number of rotatable bonds is 13. The first-order valence-electron chi connectivity index (χ1n) is 12.9. The first-order valence-corrected chi connectivity index (χ1v) is 13.9. The smallest absolute Gasteiger partial charge is 0.303 e. The predicted octanol–water partition coefficient (Wildman–Crippen LogP) is 4.01. The van der Waals surface area contributed by atoms with Crippen molar-refractivity contribution in [2.24, 2.45) is 7.05 Å². The highest BCUT2D eigenvalue weighted by atomic mass is 32.2. The number of carbonyl (C=O) groups is 2. The highest BCUT2D eigenvalue weighted by Crippen LogP contribution is 2.39. The molecule has 0 bridgehead atoms. The van der Waals surface area contributed by atoms with E-state index in [0.717, 1.165) is 16.7 Å². The molecule has 1 fully saturated rings. The topological polar surface area (TPSA) is 149 Å². The Balaban J connectivity index is 1.38. The third-order valence-corrected chi connectivity index (χ3v) is 7.50. The van der Waals surface area contributed by atoms with Gasteiger partial charge in [-0.15, -0.1) is 5.10 Å². The summed E-state index contributed by atoms with van der Waals surface area (Å²) in [6.07, 6.45) is 2.08. The molecule has 3 atom stereocenters. The number of carbonyl (C=O) groups excluding carboxylic acids is 1. The molecule has 2 aromatic carbocycles. The molecule has 1 aliphatic heterocycles. The van der Waals surface area contributed by atoms with Crippen LogP contribution in [0.5, 0.6) is 0 Å². The van der Waals surface area contributed by atoms with Crippen LogP contribution >= 0.6 is 11.8 Å². The number of carboxylic acid groups (broad SMARTS) is 1. The summed E-state index contributed by atoms with van der Waals surface area (Å²) in [4.78, 5) is 22.9. The zero-order valence-electron chi connectivity index (χ0n) is 21.7. The molecule has 208 valence electrons. The number of carboxylic acids is 1. The zero-order valence-corrected chi connectivity index (χ0v) is 22.5. The van der Waals surface area contributed by atoms with Crippen molar-refractivity contribution in [3.63, 3.8) is 0 Å². The number of aliphatic carboxylic acids is 1. The molecule has 1 saturated heterocycles. The standard InChI is InChI=1S/C27H33N5O6S/c1-32-27(29-30-31-32)39-17-22-15-23(19-9-7-18(16-33)8-10-19)38-26(37-22)20-11-13-21(14-12-20)28-24(34)5-3-2-4-6-25(35)36/h7-14,22-23,26,33H,2-6,15-17H2,1H3,(H,28,34)(H,35,36)/t22-,23+,26+/m0/s1. The molecular weight excluding hydrogens is 522 g/mol. The van der Waals surface area contributed by atoms with Gasteiger partial charge in [0.2, 0.25) is 11.1 Å². The molecule has 0 unspecified atom stereocenters. The Hall–Kier alpha value is -3.32. The number of nitrogens with one attached hydrogen (secondary N) is 1. The number of amides is 1. The number of anilines is 1. The fourth-order valence-corrected chi connectivity index (χ4v) is 5.09. The van der Waals surface area contributed by atoms with E-state index in [1.807, 2.05) is 48.5 Å². The lowest BCUT2D eigenvalue weighted by molar-refractivity contribution is -0.245. The van der Waals surface area contributed by atoms with Crippen LogP contribution in [0, 0.1) is 0 Å². The molecule has 3 N–H and O–H groups in total. The summed E-state index contributed by atoms with van der Waals surface area (Å²) in [5.74, 6) is -0.283. The highest BCUT2D eigenvalue weighted by Gasteiger charge is 2.32. The summed E-state index contributed by atoms with van der Waals surface area (Å²) in [7, 11) is 1.79. The minimum Gasteiger partial charge on any atom is -0.481 e. The third-order valence-electron chi connectivity index (χ3n) is 6.36. The first-order chi connectivity index (χ1) is 18.9. The molecule has 2 heterocycles. The number of benzene rings is 2. The minimum absolute atomic E-state index is 0.0177. The average molecular weight is 556 g/mol. The Labute approximate surface area is 230 Å². The van der Waals surface area contributed by atoms with Crippen LogP contribution in [0.3, 0.4) is 0 Å². The van der Waals surface area contributed by atoms with E-state index in [9.17, 15) is 14.7 Å². The van der Waals surface area contributed by atoms with E-state index in [4.69, 9.17) is 14.6 Å². The van der Waals surface area contributed by atoms with Gasteiger partial charge < -0.3 is 25.0 Å². The summed E-state index contributed by atoms with van der Waals surface area (Å²) in [5.41, 5.74) is 3.34. The van der Waals surface area contributed by atoms with Gasteiger partial charge in [0, 0.05) is 43.3 Å². The molecule has 1 amide bonds. The third kappa shape index (κ3) is 8.59. The van der Waals surface area contributed by atoms with Gasteiger partial charge in [0.05, 0.1) is 18.8 Å². The summed E-state index contributed by atoms with van der Waals surface area (Å²) in [6, 6.07) is 15.1. The Morgan fingerprint density at radius 1 is 1.03 bits per heavy atom. The number of hydrogen-bond acceptors (Lipinski definition) is 9. The normalized spacial score (nSPS) is 19.1. The predicted molar refractivity (Wildman–Crippen MR) is 144 cm³/mol. The molecule has 0 spiro atoms. The van der Waals surface area contributed by atoms with Crippen LogP contribution in [0.2, 0.25) is 0 Å². The van der Waals surface area contributed by atoms with Crippen molar-refractivity contribution in [1.82, 2.24) is 20.2 Å². The van der Waals surface area contributed by atoms with E-state index in [1.165, 1.54) is 11.8 Å². The van der Waals surface area contributed by atoms with Gasteiger partial charge in [-0.1, -0.05) is 54.6 Å². The van der Waals surface area contributed by atoms with Crippen LogP contribution in [-0.4, -0.2) is 54.2 Å². The summed E-state index contributed by atoms with van der Waals surface area (Å²) >= 11 is 1.52. The number of thioether (sulfide) groups is 1. The van der Waals surface area contributed by atoms with Gasteiger partial charge in [-0.2, -0.15) is 0 Å². The van der Waals surface area contributed by atoms with Crippen molar-refractivity contribution in [3.8, 4) is 0 Å². The van der Waals surface area contributed by atoms with Crippen LogP contribution < -0.4 is 5.32 Å². The molecule has 4 rings (SSSR count). The fraction of sp³-hybridized carbons (Fsp3) is 0.444. The molecule has 0 aliphatic carbocycles. The lowest BCUT2D eigenvalue weighted by Gasteiger charge is -2.36. The van der Waals surface area contributed by atoms with Crippen molar-refractivity contribution in [3.05, 3.63) is 65.2 Å². The number of unbranched alkanes of at least 4 members (excludes halogenated alkanes) is 2. The van der Waals surface area contributed by atoms with E-state index in [-0.39, 0.29) is 31.1 Å². The number of tetrazole rings is 1. The monoisotopic (exact) mass is 555 g/mol. The van der Waals surface area contributed by atoms with Gasteiger partial charge in [0.15, 0.2) is 6.29 Å². The number of aliphatic hydroxyl groups is 1. The quantitative estimate of drug-likeness (QED) is 0.209. The summed E-state index contributed by atoms with van der Waals surface area (Å²) in [6.45, 7) is -0.0177. The summed E-state index contributed by atoms with van der Waals surface area (Å²) < 4.78 is 14.3. The SMILES string of the molecule is Cn1nnnc1SC[C@@H]1C[C@H](c2ccc(CO)cc2)O[C@H](c2ccc(NC(=O)CCCCCC(=O)O)cc2)O1. The number of ether oxygens (including phenoxy) is 2. The Kier molecular flexibility index (Phi) is 10.4. The summed E-state index contributed by atoms with van der Waals surface area (Å²) in [5, 5.41) is 33.3. The van der Waals surface area contributed by atoms with E-state index >= 15 is 0 Å². The number of aliphatic hydroxyl groups excluding tert-OH is 1. The molecule has 11 nitrogen and oxygen atoms in total. The number of hydrogen-bond donors (Lipinski definition) is 3. The van der Waals surface area contributed by atoms with Crippen LogP contribution in [-0.2, 0) is 32.7 Å². The van der Waals surface area contributed by atoms with Crippen molar-refractivity contribution in [2.45, 2.75) is 68.8 Å². The lowest BCUT2D eigenvalue weighted by Crippen LogP contribution is -2.31. The largest absolute Gasteiger partial charge is 0.481 e. The molecule has 0 radical (unpaired) electrons. The maximum Gasteiger partial charge on any atom is 0.303 e. The van der Waals surface area contributed by atoms with Crippen LogP contribution in [0.1, 0.15) is 67.6 Å². The first kappa shape index (κ1) is 28.7. The number of nitrogens with zero attached hydrogens (tertiary/aromatic N) is 4. The lowest BCUT2D eigenvalue weighted by atomic mass is 10.0. The fourth-order valence-electron chi connectivity index (χ4n) is 4.22. The molecule has 39 heavy (non-hydrogen) atoms. The Bertz CT molecular complexity index is 1220. The van der Waals surface area contributed by atoms with Gasteiger partial charge in [-0.25, -0.2) is 4.68 Å². The molecule has 1 aromatic heterocycles. The van der Waals surface area contributed by atoms with Gasteiger partial charge >= 0.3 is 5.97 Å². The van der Waals surface area contributed by atoms with Crippen LogP contribution in [0.15, 0.2) is 53.7 Å².